The summed E-state index contributed by atoms with van der Waals surface area (Å²) in [4.78, 5) is 27.2. The lowest BCUT2D eigenvalue weighted by Crippen LogP contribution is -2.49. The van der Waals surface area contributed by atoms with Crippen molar-refractivity contribution in [1.29, 1.82) is 0 Å². The molecule has 1 heterocycles. The molecule has 0 bridgehead atoms. The molecule has 0 unspecified atom stereocenters. The number of carbonyl (C=O) groups is 2. The number of ether oxygens (including phenoxy) is 1. The molecule has 24 heavy (non-hydrogen) atoms. The second-order valence-electron chi connectivity index (χ2n) is 6.88. The molecule has 1 aromatic rings. The summed E-state index contributed by atoms with van der Waals surface area (Å²) in [6, 6.07) is 3.57. The third kappa shape index (κ3) is 6.89. The van der Waals surface area contributed by atoms with Crippen molar-refractivity contribution in [1.82, 2.24) is 15.8 Å². The van der Waals surface area contributed by atoms with Gasteiger partial charge in [-0.1, -0.05) is 6.07 Å². The number of esters is 1. The molecule has 0 aliphatic heterocycles. The smallest absolute Gasteiger partial charge is 0.326 e. The molecule has 1 amide bonds. The van der Waals surface area contributed by atoms with E-state index in [2.05, 4.69) is 10.3 Å². The van der Waals surface area contributed by atoms with E-state index >= 15 is 0 Å². The van der Waals surface area contributed by atoms with Crippen LogP contribution in [0.2, 0.25) is 0 Å². The Labute approximate surface area is 142 Å². The van der Waals surface area contributed by atoms with E-state index in [1.165, 1.54) is 17.6 Å². The van der Waals surface area contributed by atoms with Crippen molar-refractivity contribution in [3.05, 3.63) is 35.7 Å². The molecule has 1 rings (SSSR count). The Kier molecular flexibility index (Phi) is 6.62. The lowest BCUT2D eigenvalue weighted by molar-refractivity contribution is -0.161. The Morgan fingerprint density at radius 1 is 1.25 bits per heavy atom. The number of hydrogen-bond acceptors (Lipinski definition) is 6. The number of hydrogen-bond donors (Lipinski definition) is 3. The van der Waals surface area contributed by atoms with Crippen molar-refractivity contribution >= 4 is 18.0 Å². The maximum absolute atomic E-state index is 12.2. The molecule has 3 N–H and O–H groups in total. The minimum atomic E-state index is -0.828. The third-order valence-corrected chi connectivity index (χ3v) is 3.01. The van der Waals surface area contributed by atoms with Gasteiger partial charge in [-0.2, -0.15) is 0 Å². The Balaban J connectivity index is 2.62. The predicted molar refractivity (Wildman–Crippen MR) is 90.0 cm³/mol. The standard InChI is InChI=1S/C17H25N3O4/c1-16(2,3)24-15(22)17(4,5)19-11-12-6-7-13(18-10-12)8-9-14(21)20-23/h6-10,19,23H,11H2,1-5H3,(H,20,21). The van der Waals surface area contributed by atoms with Gasteiger partial charge in [-0.05, 0) is 52.3 Å². The minimum absolute atomic E-state index is 0.322. The van der Waals surface area contributed by atoms with Gasteiger partial charge in [0.2, 0.25) is 0 Å². The van der Waals surface area contributed by atoms with Crippen LogP contribution >= 0.6 is 0 Å². The van der Waals surface area contributed by atoms with Crippen LogP contribution < -0.4 is 10.8 Å². The quantitative estimate of drug-likeness (QED) is 0.317. The van der Waals surface area contributed by atoms with E-state index in [1.54, 1.807) is 26.1 Å². The van der Waals surface area contributed by atoms with Gasteiger partial charge >= 0.3 is 5.97 Å². The fraction of sp³-hybridized carbons (Fsp3) is 0.471. The van der Waals surface area contributed by atoms with Crippen molar-refractivity contribution in [2.24, 2.45) is 0 Å². The molecule has 132 valence electrons. The Morgan fingerprint density at radius 2 is 1.92 bits per heavy atom. The van der Waals surface area contributed by atoms with Crippen molar-refractivity contribution in [3.63, 3.8) is 0 Å². The van der Waals surface area contributed by atoms with Gasteiger partial charge < -0.3 is 4.74 Å². The number of aromatic nitrogens is 1. The highest BCUT2D eigenvalue weighted by molar-refractivity contribution is 5.90. The molecular formula is C17H25N3O4. The summed E-state index contributed by atoms with van der Waals surface area (Å²) in [6.45, 7) is 9.45. The second-order valence-corrected chi connectivity index (χ2v) is 6.88. The molecule has 7 nitrogen and oxygen atoms in total. The van der Waals surface area contributed by atoms with Crippen LogP contribution in [0.15, 0.2) is 24.4 Å². The van der Waals surface area contributed by atoms with Crippen LogP contribution in [0.5, 0.6) is 0 Å². The topological polar surface area (TPSA) is 101 Å². The summed E-state index contributed by atoms with van der Waals surface area (Å²) in [5.41, 5.74) is 1.60. The first-order chi connectivity index (χ1) is 11.0. The predicted octanol–water partition coefficient (Wildman–Crippen LogP) is 1.81. The van der Waals surface area contributed by atoms with Crippen LogP contribution in [-0.2, 0) is 20.9 Å². The zero-order valence-electron chi connectivity index (χ0n) is 14.7. The summed E-state index contributed by atoms with van der Waals surface area (Å²) in [5.74, 6) is -0.945. The normalized spacial score (nSPS) is 12.2. The first-order valence-electron chi connectivity index (χ1n) is 7.59. The molecule has 0 spiro atoms. The van der Waals surface area contributed by atoms with Gasteiger partial charge in [-0.15, -0.1) is 0 Å². The summed E-state index contributed by atoms with van der Waals surface area (Å²) in [5, 5.41) is 11.5. The summed E-state index contributed by atoms with van der Waals surface area (Å²) < 4.78 is 5.39. The van der Waals surface area contributed by atoms with Gasteiger partial charge in [0.1, 0.15) is 11.1 Å². The largest absolute Gasteiger partial charge is 0.459 e. The Bertz CT molecular complexity index is 601. The zero-order valence-corrected chi connectivity index (χ0v) is 14.7. The van der Waals surface area contributed by atoms with Crippen LogP contribution in [0.3, 0.4) is 0 Å². The van der Waals surface area contributed by atoms with Crippen LogP contribution in [0, 0.1) is 0 Å². The molecule has 1 aromatic heterocycles. The fourth-order valence-electron chi connectivity index (χ4n) is 1.64. The van der Waals surface area contributed by atoms with E-state index in [4.69, 9.17) is 9.94 Å². The van der Waals surface area contributed by atoms with E-state index in [0.717, 1.165) is 5.56 Å². The number of nitrogens with one attached hydrogen (secondary N) is 2. The van der Waals surface area contributed by atoms with Gasteiger partial charge in [-0.3, -0.25) is 25.1 Å². The summed E-state index contributed by atoms with van der Waals surface area (Å²) in [7, 11) is 0. The molecule has 0 aromatic carbocycles. The highest BCUT2D eigenvalue weighted by Gasteiger charge is 2.31. The van der Waals surface area contributed by atoms with Crippen LogP contribution in [0.4, 0.5) is 0 Å². The fourth-order valence-corrected chi connectivity index (χ4v) is 1.64. The molecule has 0 fully saturated rings. The van der Waals surface area contributed by atoms with Gasteiger partial charge in [0.05, 0.1) is 5.69 Å². The molecule has 0 atom stereocenters. The molecule has 0 saturated heterocycles. The molecule has 0 saturated carbocycles. The summed E-state index contributed by atoms with van der Waals surface area (Å²) in [6.07, 6.45) is 4.30. The van der Waals surface area contributed by atoms with Gasteiger partial charge in [0, 0.05) is 18.8 Å². The first kappa shape index (κ1) is 19.8. The number of pyridine rings is 1. The van der Waals surface area contributed by atoms with Gasteiger partial charge in [-0.25, -0.2) is 5.48 Å². The molecule has 0 radical (unpaired) electrons. The summed E-state index contributed by atoms with van der Waals surface area (Å²) >= 11 is 0. The van der Waals surface area contributed by atoms with Crippen molar-refractivity contribution in [2.75, 3.05) is 0 Å². The van der Waals surface area contributed by atoms with Crippen LogP contribution in [0.25, 0.3) is 6.08 Å². The van der Waals surface area contributed by atoms with Gasteiger partial charge in [0.15, 0.2) is 0 Å². The monoisotopic (exact) mass is 335 g/mol. The molecular weight excluding hydrogens is 310 g/mol. The van der Waals surface area contributed by atoms with Crippen molar-refractivity contribution in [3.8, 4) is 0 Å². The van der Waals surface area contributed by atoms with Crippen molar-refractivity contribution < 1.29 is 19.5 Å². The maximum atomic E-state index is 12.2. The number of carbonyl (C=O) groups excluding carboxylic acids is 2. The number of hydroxylamine groups is 1. The highest BCUT2D eigenvalue weighted by Crippen LogP contribution is 2.14. The number of rotatable bonds is 6. The number of amides is 1. The second kappa shape index (κ2) is 8.03. The van der Waals surface area contributed by atoms with Gasteiger partial charge in [0.25, 0.3) is 5.91 Å². The van der Waals surface area contributed by atoms with E-state index in [-0.39, 0.29) is 5.97 Å². The first-order valence-corrected chi connectivity index (χ1v) is 7.59. The van der Waals surface area contributed by atoms with Crippen molar-refractivity contribution in [2.45, 2.75) is 52.3 Å². The molecule has 0 aliphatic carbocycles. The van der Waals surface area contributed by atoms with Crippen LogP contribution in [0.1, 0.15) is 45.9 Å². The van der Waals surface area contributed by atoms with E-state index < -0.39 is 17.0 Å². The van der Waals surface area contributed by atoms with Crippen LogP contribution in [-0.4, -0.2) is 33.2 Å². The average molecular weight is 335 g/mol. The lowest BCUT2D eigenvalue weighted by Gasteiger charge is -2.29. The molecule has 0 aliphatic rings. The highest BCUT2D eigenvalue weighted by atomic mass is 16.6. The van der Waals surface area contributed by atoms with E-state index in [0.29, 0.717) is 12.2 Å². The average Bonchev–Trinajstić information content (AvgIpc) is 2.50. The SMILES string of the molecule is CC(C)(C)OC(=O)C(C)(C)NCc1ccc(C=CC(=O)NO)nc1. The third-order valence-electron chi connectivity index (χ3n) is 3.01. The Morgan fingerprint density at radius 3 is 2.42 bits per heavy atom. The maximum Gasteiger partial charge on any atom is 0.326 e. The Hall–Kier alpha value is -2.25. The number of nitrogens with zero attached hydrogens (tertiary/aromatic N) is 1. The molecule has 7 heteroatoms. The van der Waals surface area contributed by atoms with E-state index in [1.807, 2.05) is 26.8 Å². The lowest BCUT2D eigenvalue weighted by atomic mass is 10.0. The minimum Gasteiger partial charge on any atom is -0.459 e. The zero-order chi connectivity index (χ0) is 18.4. The van der Waals surface area contributed by atoms with E-state index in [9.17, 15) is 9.59 Å².